The minimum Gasteiger partial charge on any atom is -0.343 e. The number of piperazine rings is 2. The second-order valence-electron chi connectivity index (χ2n) is 8.12. The van der Waals surface area contributed by atoms with Crippen LogP contribution in [0.3, 0.4) is 0 Å². The second-order valence-corrected chi connectivity index (χ2v) is 10.1. The summed E-state index contributed by atoms with van der Waals surface area (Å²) in [5.41, 5.74) is 0. The molecule has 0 bridgehead atoms. The molecule has 0 spiro atoms. The molecule has 2 heterocycles. The largest absolute Gasteiger partial charge is 0.343 e. The van der Waals surface area contributed by atoms with Crippen LogP contribution in [-0.4, -0.2) is 116 Å². The van der Waals surface area contributed by atoms with Crippen LogP contribution in [-0.2, 0) is 19.8 Å². The van der Waals surface area contributed by atoms with E-state index < -0.39 is 10.2 Å². The molecule has 9 nitrogen and oxygen atoms in total. The zero-order valence-corrected chi connectivity index (χ0v) is 17.9. The molecule has 1 saturated carbocycles. The highest BCUT2D eigenvalue weighted by Crippen LogP contribution is 2.25. The summed E-state index contributed by atoms with van der Waals surface area (Å²) in [6.07, 6.45) is 5.21. The number of carbonyl (C=O) groups excluding carboxylic acids is 2. The Labute approximate surface area is 168 Å². The molecule has 0 radical (unpaired) electrons. The van der Waals surface area contributed by atoms with Gasteiger partial charge in [0.25, 0.3) is 10.2 Å². The molecule has 2 aliphatic heterocycles. The summed E-state index contributed by atoms with van der Waals surface area (Å²) in [7, 11) is -0.0262. The average Bonchev–Trinajstić information content (AvgIpc) is 2.71. The van der Waals surface area contributed by atoms with E-state index in [-0.39, 0.29) is 30.9 Å². The molecule has 0 atom stereocenters. The highest BCUT2D eigenvalue weighted by atomic mass is 32.2. The first-order valence-corrected chi connectivity index (χ1v) is 11.7. The lowest BCUT2D eigenvalue weighted by Gasteiger charge is -2.39. The Morgan fingerprint density at radius 1 is 1.04 bits per heavy atom. The zero-order valence-electron chi connectivity index (χ0n) is 17.0. The molecule has 0 aromatic rings. The average molecular weight is 416 g/mol. The van der Waals surface area contributed by atoms with Crippen LogP contribution >= 0.6 is 0 Å². The Balaban J connectivity index is 1.49. The Bertz CT molecular complexity index is 671. The maximum absolute atomic E-state index is 12.9. The van der Waals surface area contributed by atoms with Crippen molar-refractivity contribution in [2.45, 2.75) is 38.1 Å². The quantitative estimate of drug-likeness (QED) is 0.600. The lowest BCUT2D eigenvalue weighted by atomic mass is 9.96. The minimum atomic E-state index is -3.48. The Morgan fingerprint density at radius 3 is 2.29 bits per heavy atom. The van der Waals surface area contributed by atoms with Gasteiger partial charge in [0, 0.05) is 59.4 Å². The highest BCUT2D eigenvalue weighted by molar-refractivity contribution is 7.86. The van der Waals surface area contributed by atoms with Crippen molar-refractivity contribution >= 4 is 22.0 Å². The van der Waals surface area contributed by atoms with Gasteiger partial charge in [-0.3, -0.25) is 14.5 Å². The van der Waals surface area contributed by atoms with E-state index in [1.54, 1.807) is 28.2 Å². The van der Waals surface area contributed by atoms with Crippen LogP contribution in [0.5, 0.6) is 0 Å². The van der Waals surface area contributed by atoms with Crippen molar-refractivity contribution in [2.24, 2.45) is 0 Å². The summed E-state index contributed by atoms with van der Waals surface area (Å²) in [6.45, 7) is 3.26. The summed E-state index contributed by atoms with van der Waals surface area (Å²) in [6, 6.07) is 0.0909. The third-order valence-electron chi connectivity index (χ3n) is 6.27. The first kappa shape index (κ1) is 21.5. The van der Waals surface area contributed by atoms with Gasteiger partial charge in [-0.15, -0.1) is 0 Å². The molecule has 160 valence electrons. The van der Waals surface area contributed by atoms with E-state index in [4.69, 9.17) is 0 Å². The van der Waals surface area contributed by atoms with Gasteiger partial charge in [0.05, 0.1) is 13.1 Å². The predicted octanol–water partition coefficient (Wildman–Crippen LogP) is -0.586. The van der Waals surface area contributed by atoms with Crippen molar-refractivity contribution in [3.8, 4) is 0 Å². The van der Waals surface area contributed by atoms with Crippen molar-refractivity contribution in [1.29, 1.82) is 0 Å². The van der Waals surface area contributed by atoms with E-state index >= 15 is 0 Å². The molecule has 3 aliphatic rings. The van der Waals surface area contributed by atoms with E-state index in [2.05, 4.69) is 0 Å². The number of amides is 2. The van der Waals surface area contributed by atoms with E-state index in [1.165, 1.54) is 10.7 Å². The number of hydrogen-bond acceptors (Lipinski definition) is 5. The third-order valence-corrected chi connectivity index (χ3v) is 8.31. The van der Waals surface area contributed by atoms with Crippen LogP contribution in [0, 0.1) is 0 Å². The fourth-order valence-corrected chi connectivity index (χ4v) is 5.79. The standard InChI is InChI=1S/C18H33N5O4S/c1-19-8-9-21(14-17(19)24)15-18(25)22-10-12-23(13-11-22)28(26,27)20(2)16-6-4-3-5-7-16/h16H,3-15H2,1-2H3. The number of carbonyl (C=O) groups is 2. The van der Waals surface area contributed by atoms with Gasteiger partial charge in [-0.05, 0) is 12.8 Å². The topological polar surface area (TPSA) is 84.5 Å². The van der Waals surface area contributed by atoms with Crippen molar-refractivity contribution in [3.05, 3.63) is 0 Å². The molecule has 0 unspecified atom stereocenters. The number of rotatable bonds is 5. The van der Waals surface area contributed by atoms with Gasteiger partial charge in [0.2, 0.25) is 11.8 Å². The molecule has 2 amide bonds. The summed E-state index contributed by atoms with van der Waals surface area (Å²) in [5.74, 6) is -0.00394. The normalized spacial score (nSPS) is 24.2. The maximum atomic E-state index is 12.9. The molecular formula is C18H33N5O4S. The SMILES string of the molecule is CN1CCN(CC(=O)N2CCN(S(=O)(=O)N(C)C3CCCCC3)CC2)CC1=O. The Hall–Kier alpha value is -1.23. The molecule has 0 aromatic carbocycles. The van der Waals surface area contributed by atoms with Gasteiger partial charge in [0.1, 0.15) is 0 Å². The van der Waals surface area contributed by atoms with Crippen molar-refractivity contribution in [3.63, 3.8) is 0 Å². The molecule has 2 saturated heterocycles. The lowest BCUT2D eigenvalue weighted by molar-refractivity contribution is -0.138. The third kappa shape index (κ3) is 4.84. The van der Waals surface area contributed by atoms with Crippen molar-refractivity contribution < 1.29 is 18.0 Å². The number of nitrogens with zero attached hydrogens (tertiary/aromatic N) is 5. The molecular weight excluding hydrogens is 382 g/mol. The van der Waals surface area contributed by atoms with Gasteiger partial charge in [-0.25, -0.2) is 0 Å². The lowest BCUT2D eigenvalue weighted by Crippen LogP contribution is -2.57. The van der Waals surface area contributed by atoms with E-state index in [9.17, 15) is 18.0 Å². The fourth-order valence-electron chi connectivity index (χ4n) is 4.22. The Morgan fingerprint density at radius 2 is 1.68 bits per heavy atom. The van der Waals surface area contributed by atoms with Crippen LogP contribution in [0.2, 0.25) is 0 Å². The molecule has 3 fully saturated rings. The predicted molar refractivity (Wildman–Crippen MR) is 106 cm³/mol. The number of hydrogen-bond donors (Lipinski definition) is 0. The van der Waals surface area contributed by atoms with Gasteiger partial charge < -0.3 is 9.80 Å². The van der Waals surface area contributed by atoms with Crippen LogP contribution in [0.15, 0.2) is 0 Å². The van der Waals surface area contributed by atoms with Crippen LogP contribution in [0.25, 0.3) is 0 Å². The molecule has 0 aromatic heterocycles. The molecule has 3 rings (SSSR count). The van der Waals surface area contributed by atoms with Gasteiger partial charge >= 0.3 is 0 Å². The first-order valence-electron chi connectivity index (χ1n) is 10.3. The van der Waals surface area contributed by atoms with Crippen LogP contribution in [0.4, 0.5) is 0 Å². The van der Waals surface area contributed by atoms with Gasteiger partial charge in [-0.1, -0.05) is 19.3 Å². The van der Waals surface area contributed by atoms with Crippen molar-refractivity contribution in [1.82, 2.24) is 23.3 Å². The van der Waals surface area contributed by atoms with Gasteiger partial charge in [0.15, 0.2) is 0 Å². The zero-order chi connectivity index (χ0) is 20.3. The fraction of sp³-hybridized carbons (Fsp3) is 0.889. The number of likely N-dealkylation sites (N-methyl/N-ethyl adjacent to an activating group) is 1. The molecule has 0 N–H and O–H groups in total. The van der Waals surface area contributed by atoms with Crippen LogP contribution < -0.4 is 0 Å². The summed E-state index contributed by atoms with van der Waals surface area (Å²) in [5, 5.41) is 0. The van der Waals surface area contributed by atoms with Crippen LogP contribution in [0.1, 0.15) is 32.1 Å². The van der Waals surface area contributed by atoms with E-state index in [1.807, 2.05) is 4.90 Å². The van der Waals surface area contributed by atoms with E-state index in [0.717, 1.165) is 25.7 Å². The van der Waals surface area contributed by atoms with Crippen molar-refractivity contribution in [2.75, 3.05) is 66.5 Å². The maximum Gasteiger partial charge on any atom is 0.282 e. The Kier molecular flexibility index (Phi) is 6.95. The van der Waals surface area contributed by atoms with Gasteiger partial charge in [-0.2, -0.15) is 17.0 Å². The molecule has 28 heavy (non-hydrogen) atoms. The smallest absolute Gasteiger partial charge is 0.282 e. The molecule has 1 aliphatic carbocycles. The summed E-state index contributed by atoms with van der Waals surface area (Å²) in [4.78, 5) is 29.6. The summed E-state index contributed by atoms with van der Waals surface area (Å²) < 4.78 is 28.9. The highest BCUT2D eigenvalue weighted by Gasteiger charge is 2.35. The molecule has 10 heteroatoms. The van der Waals surface area contributed by atoms with E-state index in [0.29, 0.717) is 39.3 Å². The summed E-state index contributed by atoms with van der Waals surface area (Å²) >= 11 is 0. The second kappa shape index (κ2) is 9.06. The first-order chi connectivity index (χ1) is 13.3. The monoisotopic (exact) mass is 415 g/mol. The minimum absolute atomic E-state index is 0.0284.